The summed E-state index contributed by atoms with van der Waals surface area (Å²) in [5, 5.41) is 0. The molecule has 0 spiro atoms. The van der Waals surface area contributed by atoms with Crippen LogP contribution in [0.2, 0.25) is 0 Å². The Kier molecular flexibility index (Phi) is 7.56. The summed E-state index contributed by atoms with van der Waals surface area (Å²) >= 11 is 0. The lowest BCUT2D eigenvalue weighted by atomic mass is 9.84. The van der Waals surface area contributed by atoms with E-state index in [2.05, 4.69) is 65.8 Å². The highest BCUT2D eigenvalue weighted by Crippen LogP contribution is 2.42. The molecule has 0 saturated carbocycles. The molecule has 1 aliphatic heterocycles. The van der Waals surface area contributed by atoms with Crippen LogP contribution < -0.4 is 4.74 Å². The van der Waals surface area contributed by atoms with E-state index in [9.17, 15) is 0 Å². The van der Waals surface area contributed by atoms with E-state index < -0.39 is 0 Å². The maximum absolute atomic E-state index is 5.94. The van der Waals surface area contributed by atoms with Gasteiger partial charge in [0.1, 0.15) is 12.1 Å². The largest absolute Gasteiger partial charge is 0.485 e. The highest BCUT2D eigenvalue weighted by molar-refractivity contribution is 5.85. The third kappa shape index (κ3) is 5.61. The Morgan fingerprint density at radius 1 is 0.590 bits per heavy atom. The zero-order valence-corrected chi connectivity index (χ0v) is 23.5. The summed E-state index contributed by atoms with van der Waals surface area (Å²) < 4.78 is 11.9. The lowest BCUT2D eigenvalue weighted by Crippen LogP contribution is -2.15. The van der Waals surface area contributed by atoms with Crippen LogP contribution in [-0.4, -0.2) is 18.9 Å². The van der Waals surface area contributed by atoms with Crippen molar-refractivity contribution in [2.45, 2.75) is 53.6 Å². The minimum absolute atomic E-state index is 0.257. The summed E-state index contributed by atoms with van der Waals surface area (Å²) in [7, 11) is 0. The molecule has 5 rings (SSSR count). The molecule has 0 N–H and O–H groups in total. The van der Waals surface area contributed by atoms with E-state index >= 15 is 0 Å². The number of ether oxygens (including phenoxy) is 1. The SMILES string of the molecule is Cc1cc(C)c(C2N=Cc3ccccc3OC=[O+]c3ccccc3C=N[C@@H]2c2c(C)cc(C)cc2C)c(C)c1. The fraction of sp³-hybridized carbons (Fsp3) is 0.229. The number of para-hydroxylation sites is 2. The number of aryl methyl sites for hydroxylation is 6. The summed E-state index contributed by atoms with van der Waals surface area (Å²) in [6.45, 7) is 14.4. The van der Waals surface area contributed by atoms with Gasteiger partial charge in [0, 0.05) is 24.6 Å². The third-order valence-electron chi connectivity index (χ3n) is 7.30. The van der Waals surface area contributed by atoms with Crippen LogP contribution in [0, 0.1) is 41.5 Å². The molecule has 1 unspecified atom stereocenters. The number of carbonyl (C=O) groups excluding carboxylic acids is 1. The van der Waals surface area contributed by atoms with E-state index in [1.54, 1.807) is 0 Å². The zero-order chi connectivity index (χ0) is 27.5. The Bertz CT molecular complexity index is 1570. The van der Waals surface area contributed by atoms with E-state index in [1.165, 1.54) is 51.0 Å². The number of nitrogens with zero attached hydrogens (tertiary/aromatic N) is 2. The quantitative estimate of drug-likeness (QED) is 0.195. The molecule has 2 atom stereocenters. The molecule has 1 aliphatic rings. The van der Waals surface area contributed by atoms with Crippen molar-refractivity contribution < 1.29 is 9.16 Å². The lowest BCUT2D eigenvalue weighted by molar-refractivity contribution is -0.369. The summed E-state index contributed by atoms with van der Waals surface area (Å²) in [5.41, 5.74) is 11.5. The number of fused-ring (bicyclic) bond motifs is 2. The monoisotopic (exact) mass is 515 g/mol. The second-order valence-corrected chi connectivity index (χ2v) is 10.5. The first-order valence-electron chi connectivity index (χ1n) is 13.4. The molecule has 4 aromatic carbocycles. The van der Waals surface area contributed by atoms with Gasteiger partial charge >= 0.3 is 6.47 Å². The van der Waals surface area contributed by atoms with Crippen LogP contribution in [0.3, 0.4) is 0 Å². The Hall–Kier alpha value is -4.31. The van der Waals surface area contributed by atoms with Crippen LogP contribution in [0.25, 0.3) is 0 Å². The van der Waals surface area contributed by atoms with Crippen molar-refractivity contribution in [1.82, 2.24) is 0 Å². The van der Waals surface area contributed by atoms with Crippen molar-refractivity contribution in [2.24, 2.45) is 9.98 Å². The van der Waals surface area contributed by atoms with Crippen molar-refractivity contribution in [3.05, 3.63) is 128 Å². The number of aliphatic imine (C=N–C) groups is 2. The number of rotatable bonds is 2. The molecule has 0 radical (unpaired) electrons. The fourth-order valence-electron chi connectivity index (χ4n) is 5.78. The van der Waals surface area contributed by atoms with Gasteiger partial charge in [0.2, 0.25) is 0 Å². The van der Waals surface area contributed by atoms with E-state index in [1.807, 2.05) is 61.0 Å². The van der Waals surface area contributed by atoms with Crippen LogP contribution >= 0.6 is 0 Å². The molecule has 0 fully saturated rings. The van der Waals surface area contributed by atoms with E-state index in [-0.39, 0.29) is 12.1 Å². The minimum Gasteiger partial charge on any atom is -0.282 e. The van der Waals surface area contributed by atoms with E-state index in [0.29, 0.717) is 11.5 Å². The fourth-order valence-corrected chi connectivity index (χ4v) is 5.78. The molecule has 4 heteroatoms. The van der Waals surface area contributed by atoms with Gasteiger partial charge in [0.05, 0.1) is 11.1 Å². The average Bonchev–Trinajstić information content (AvgIpc) is 2.89. The van der Waals surface area contributed by atoms with Gasteiger partial charge in [0.15, 0.2) is 0 Å². The molecule has 0 aromatic heterocycles. The third-order valence-corrected chi connectivity index (χ3v) is 7.30. The van der Waals surface area contributed by atoms with Gasteiger partial charge in [-0.05, 0) is 87.1 Å². The van der Waals surface area contributed by atoms with Gasteiger partial charge in [-0.3, -0.25) is 19.1 Å². The van der Waals surface area contributed by atoms with E-state index in [0.717, 1.165) is 11.1 Å². The Morgan fingerprint density at radius 2 is 1.05 bits per heavy atom. The second-order valence-electron chi connectivity index (χ2n) is 10.5. The molecular weight excluding hydrogens is 480 g/mol. The highest BCUT2D eigenvalue weighted by Gasteiger charge is 2.29. The smallest absolute Gasteiger partial charge is 0.282 e. The molecule has 196 valence electrons. The topological polar surface area (TPSA) is 45.2 Å². The standard InChI is InChI=1S/C35H35N2O2/c1-22-15-24(3)32(25(4)16-22)34-35(33-26(5)17-23(2)18-27(33)6)37-20-29-12-8-10-14-31(29)39-21-38-30-13-9-7-11-28(30)19-36-34/h7-21,34-35H,1-6H3/q+1/t34-,35?/m1/s1. The normalized spacial score (nSPS) is 16.9. The predicted octanol–water partition coefficient (Wildman–Crippen LogP) is 8.36. The Labute approximate surface area is 231 Å². The number of benzene rings is 4. The van der Waals surface area contributed by atoms with Crippen molar-refractivity contribution >= 4 is 18.9 Å². The molecule has 39 heavy (non-hydrogen) atoms. The Balaban J connectivity index is 1.82. The summed E-state index contributed by atoms with van der Waals surface area (Å²) in [4.78, 5) is 10.6. The maximum Gasteiger partial charge on any atom is 0.485 e. The van der Waals surface area contributed by atoms with Crippen LogP contribution in [0.1, 0.15) is 67.7 Å². The summed E-state index contributed by atoms with van der Waals surface area (Å²) in [5.74, 6) is 1.35. The molecule has 4 aromatic rings. The molecule has 1 heterocycles. The maximum atomic E-state index is 5.94. The molecular formula is C35H35N2O2+. The van der Waals surface area contributed by atoms with E-state index in [4.69, 9.17) is 19.1 Å². The van der Waals surface area contributed by atoms with Crippen molar-refractivity contribution in [1.29, 1.82) is 0 Å². The molecule has 0 amide bonds. The van der Waals surface area contributed by atoms with Crippen LogP contribution in [0.4, 0.5) is 0 Å². The molecule has 0 saturated heterocycles. The van der Waals surface area contributed by atoms with Crippen molar-refractivity contribution in [3.63, 3.8) is 0 Å². The second kappa shape index (κ2) is 11.2. The van der Waals surface area contributed by atoms with Gasteiger partial charge in [0.25, 0.3) is 11.5 Å². The van der Waals surface area contributed by atoms with Crippen LogP contribution in [0.15, 0.2) is 82.8 Å². The van der Waals surface area contributed by atoms with Crippen LogP contribution in [-0.2, 0) is 4.42 Å². The average molecular weight is 516 g/mol. The first kappa shape index (κ1) is 26.3. The number of hydrogen-bond acceptors (Lipinski definition) is 3. The number of hydrogen-bond donors (Lipinski definition) is 0. The van der Waals surface area contributed by atoms with Gasteiger partial charge in [-0.25, -0.2) is 0 Å². The Morgan fingerprint density at radius 3 is 1.62 bits per heavy atom. The first-order valence-corrected chi connectivity index (χ1v) is 13.4. The highest BCUT2D eigenvalue weighted by atomic mass is 16.6. The summed E-state index contributed by atoms with van der Waals surface area (Å²) in [6, 6.07) is 24.2. The minimum atomic E-state index is -0.257. The predicted molar refractivity (Wildman–Crippen MR) is 161 cm³/mol. The summed E-state index contributed by atoms with van der Waals surface area (Å²) in [6.07, 6.45) is 3.83. The van der Waals surface area contributed by atoms with Crippen molar-refractivity contribution in [3.8, 4) is 11.5 Å². The lowest BCUT2D eigenvalue weighted by Gasteiger charge is -2.28. The molecule has 4 nitrogen and oxygen atoms in total. The van der Waals surface area contributed by atoms with Gasteiger partial charge in [-0.15, -0.1) is 0 Å². The van der Waals surface area contributed by atoms with Gasteiger partial charge < -0.3 is 0 Å². The van der Waals surface area contributed by atoms with Gasteiger partial charge in [-0.1, -0.05) is 59.7 Å². The zero-order valence-electron chi connectivity index (χ0n) is 23.5. The van der Waals surface area contributed by atoms with Crippen LogP contribution in [0.5, 0.6) is 11.5 Å². The molecule has 0 aliphatic carbocycles. The molecule has 0 bridgehead atoms. The first-order chi connectivity index (χ1) is 18.8. The van der Waals surface area contributed by atoms with Gasteiger partial charge in [-0.2, -0.15) is 0 Å². The van der Waals surface area contributed by atoms with Crippen molar-refractivity contribution in [2.75, 3.05) is 0 Å².